The van der Waals surface area contributed by atoms with E-state index in [0.717, 1.165) is 29.8 Å². The van der Waals surface area contributed by atoms with Crippen LogP contribution >= 0.6 is 0 Å². The van der Waals surface area contributed by atoms with Gasteiger partial charge < -0.3 is 10.2 Å². The van der Waals surface area contributed by atoms with Gasteiger partial charge in [-0.1, -0.05) is 18.2 Å². The van der Waals surface area contributed by atoms with Crippen molar-refractivity contribution in [2.45, 2.75) is 26.7 Å². The van der Waals surface area contributed by atoms with E-state index in [4.69, 9.17) is 0 Å². The number of rotatable bonds is 4. The summed E-state index contributed by atoms with van der Waals surface area (Å²) in [7, 11) is 0. The van der Waals surface area contributed by atoms with Crippen molar-refractivity contribution in [2.24, 2.45) is 0 Å². The average Bonchev–Trinajstić information content (AvgIpc) is 2.82. The molecule has 3 heteroatoms. The molecule has 0 bridgehead atoms. The molecule has 0 aromatic heterocycles. The highest BCUT2D eigenvalue weighted by Gasteiger charge is 2.13. The smallest absolute Gasteiger partial charge is 0.251 e. The van der Waals surface area contributed by atoms with Crippen molar-refractivity contribution in [3.63, 3.8) is 0 Å². The molecule has 1 N–H and O–H groups in total. The molecular weight excluding hydrogens is 224 g/mol. The lowest BCUT2D eigenvalue weighted by molar-refractivity contribution is 0.0948. The van der Waals surface area contributed by atoms with Crippen LogP contribution in [-0.4, -0.2) is 37.0 Å². The molecule has 1 amide bonds. The summed E-state index contributed by atoms with van der Waals surface area (Å²) in [5.41, 5.74) is 2.93. The Bertz CT molecular complexity index is 402. The van der Waals surface area contributed by atoms with Crippen LogP contribution in [0.4, 0.5) is 0 Å². The molecule has 0 spiro atoms. The Morgan fingerprint density at radius 2 is 1.83 bits per heavy atom. The predicted molar refractivity (Wildman–Crippen MR) is 73.9 cm³/mol. The Morgan fingerprint density at radius 1 is 1.22 bits per heavy atom. The summed E-state index contributed by atoms with van der Waals surface area (Å²) in [5.74, 6) is 0.0600. The molecule has 0 atom stereocenters. The van der Waals surface area contributed by atoms with Gasteiger partial charge in [0.15, 0.2) is 0 Å². The molecule has 1 aliphatic rings. The average molecular weight is 246 g/mol. The van der Waals surface area contributed by atoms with E-state index in [1.807, 2.05) is 32.0 Å². The molecule has 1 saturated heterocycles. The summed E-state index contributed by atoms with van der Waals surface area (Å²) >= 11 is 0. The number of carbonyl (C=O) groups excluding carboxylic acids is 1. The Hall–Kier alpha value is -1.35. The third kappa shape index (κ3) is 3.10. The third-order valence-corrected chi connectivity index (χ3v) is 3.62. The minimum atomic E-state index is 0.0600. The van der Waals surface area contributed by atoms with Crippen LogP contribution in [0.2, 0.25) is 0 Å². The molecule has 0 radical (unpaired) electrons. The summed E-state index contributed by atoms with van der Waals surface area (Å²) in [6, 6.07) is 5.97. The van der Waals surface area contributed by atoms with Crippen molar-refractivity contribution >= 4 is 5.91 Å². The van der Waals surface area contributed by atoms with Gasteiger partial charge in [-0.3, -0.25) is 4.79 Å². The van der Waals surface area contributed by atoms with Crippen LogP contribution in [0.3, 0.4) is 0 Å². The van der Waals surface area contributed by atoms with Gasteiger partial charge in [-0.2, -0.15) is 0 Å². The van der Waals surface area contributed by atoms with E-state index >= 15 is 0 Å². The predicted octanol–water partition coefficient (Wildman–Crippen LogP) is 2.13. The minimum Gasteiger partial charge on any atom is -0.351 e. The summed E-state index contributed by atoms with van der Waals surface area (Å²) in [5, 5.41) is 3.03. The Balaban J connectivity index is 1.87. The van der Waals surface area contributed by atoms with E-state index in [9.17, 15) is 4.79 Å². The summed E-state index contributed by atoms with van der Waals surface area (Å²) in [6.07, 6.45) is 2.59. The van der Waals surface area contributed by atoms with Crippen molar-refractivity contribution in [1.29, 1.82) is 0 Å². The largest absolute Gasteiger partial charge is 0.351 e. The van der Waals surface area contributed by atoms with Gasteiger partial charge in [0.2, 0.25) is 0 Å². The maximum atomic E-state index is 12.1. The number of amides is 1. The lowest BCUT2D eigenvalue weighted by Gasteiger charge is -2.15. The minimum absolute atomic E-state index is 0.0600. The molecular formula is C15H22N2O. The maximum absolute atomic E-state index is 12.1. The summed E-state index contributed by atoms with van der Waals surface area (Å²) in [6.45, 7) is 8.05. The maximum Gasteiger partial charge on any atom is 0.251 e. The molecule has 0 saturated carbocycles. The number of nitrogens with one attached hydrogen (secondary N) is 1. The first-order valence-electron chi connectivity index (χ1n) is 6.75. The second kappa shape index (κ2) is 6.01. The van der Waals surface area contributed by atoms with Gasteiger partial charge in [0, 0.05) is 18.7 Å². The highest BCUT2D eigenvalue weighted by molar-refractivity contribution is 5.97. The lowest BCUT2D eigenvalue weighted by Crippen LogP contribution is -2.34. The van der Waals surface area contributed by atoms with Crippen molar-refractivity contribution in [2.75, 3.05) is 26.2 Å². The Morgan fingerprint density at radius 3 is 2.44 bits per heavy atom. The fourth-order valence-electron chi connectivity index (χ4n) is 2.59. The number of likely N-dealkylation sites (tertiary alicyclic amines) is 1. The highest BCUT2D eigenvalue weighted by atomic mass is 16.1. The van der Waals surface area contributed by atoms with Crippen LogP contribution in [0.1, 0.15) is 34.3 Å². The number of hydrogen-bond acceptors (Lipinski definition) is 2. The van der Waals surface area contributed by atoms with Gasteiger partial charge in [0.1, 0.15) is 0 Å². The van der Waals surface area contributed by atoms with E-state index in [-0.39, 0.29) is 5.91 Å². The van der Waals surface area contributed by atoms with Gasteiger partial charge in [0.25, 0.3) is 5.91 Å². The molecule has 1 aromatic carbocycles. The quantitative estimate of drug-likeness (QED) is 0.882. The zero-order valence-corrected chi connectivity index (χ0v) is 11.3. The van der Waals surface area contributed by atoms with Crippen LogP contribution in [0.25, 0.3) is 0 Å². The molecule has 1 heterocycles. The van der Waals surface area contributed by atoms with Gasteiger partial charge in [0.05, 0.1) is 0 Å². The van der Waals surface area contributed by atoms with Crippen LogP contribution in [0.5, 0.6) is 0 Å². The van der Waals surface area contributed by atoms with Gasteiger partial charge in [-0.05, 0) is 50.9 Å². The SMILES string of the molecule is Cc1cccc(C)c1C(=O)NCCN1CCCC1. The van der Waals surface area contributed by atoms with Gasteiger partial charge >= 0.3 is 0 Å². The van der Waals surface area contributed by atoms with Gasteiger partial charge in [-0.15, -0.1) is 0 Å². The number of nitrogens with zero attached hydrogens (tertiary/aromatic N) is 1. The molecule has 1 fully saturated rings. The molecule has 1 aromatic rings. The molecule has 18 heavy (non-hydrogen) atoms. The molecule has 2 rings (SSSR count). The van der Waals surface area contributed by atoms with E-state index in [1.54, 1.807) is 0 Å². The fourth-order valence-corrected chi connectivity index (χ4v) is 2.59. The van der Waals surface area contributed by atoms with Crippen LogP contribution < -0.4 is 5.32 Å². The molecule has 3 nitrogen and oxygen atoms in total. The lowest BCUT2D eigenvalue weighted by atomic mass is 10.0. The topological polar surface area (TPSA) is 32.3 Å². The molecule has 0 unspecified atom stereocenters. The normalized spacial score (nSPS) is 15.9. The van der Waals surface area contributed by atoms with Crippen molar-refractivity contribution in [3.05, 3.63) is 34.9 Å². The van der Waals surface area contributed by atoms with Crippen LogP contribution in [0, 0.1) is 13.8 Å². The monoisotopic (exact) mass is 246 g/mol. The number of aryl methyl sites for hydroxylation is 2. The van der Waals surface area contributed by atoms with E-state index < -0.39 is 0 Å². The second-order valence-corrected chi connectivity index (χ2v) is 5.07. The molecule has 1 aliphatic heterocycles. The first-order valence-corrected chi connectivity index (χ1v) is 6.75. The zero-order valence-electron chi connectivity index (χ0n) is 11.3. The first-order chi connectivity index (χ1) is 8.68. The van der Waals surface area contributed by atoms with E-state index in [1.165, 1.54) is 25.9 Å². The summed E-state index contributed by atoms with van der Waals surface area (Å²) in [4.78, 5) is 14.5. The zero-order chi connectivity index (χ0) is 13.0. The number of hydrogen-bond donors (Lipinski definition) is 1. The van der Waals surface area contributed by atoms with E-state index in [0.29, 0.717) is 0 Å². The van der Waals surface area contributed by atoms with Crippen LogP contribution in [-0.2, 0) is 0 Å². The van der Waals surface area contributed by atoms with Crippen molar-refractivity contribution in [1.82, 2.24) is 10.2 Å². The summed E-state index contributed by atoms with van der Waals surface area (Å²) < 4.78 is 0. The third-order valence-electron chi connectivity index (χ3n) is 3.62. The van der Waals surface area contributed by atoms with Crippen molar-refractivity contribution < 1.29 is 4.79 Å². The van der Waals surface area contributed by atoms with E-state index in [2.05, 4.69) is 10.2 Å². The number of benzene rings is 1. The highest BCUT2D eigenvalue weighted by Crippen LogP contribution is 2.12. The van der Waals surface area contributed by atoms with Crippen LogP contribution in [0.15, 0.2) is 18.2 Å². The number of carbonyl (C=O) groups is 1. The second-order valence-electron chi connectivity index (χ2n) is 5.07. The van der Waals surface area contributed by atoms with Crippen molar-refractivity contribution in [3.8, 4) is 0 Å². The molecule has 98 valence electrons. The van der Waals surface area contributed by atoms with Gasteiger partial charge in [-0.25, -0.2) is 0 Å². The fraction of sp³-hybridized carbons (Fsp3) is 0.533. The first kappa shape index (κ1) is 13.1. The Kier molecular flexibility index (Phi) is 4.37. The standard InChI is InChI=1S/C15H22N2O/c1-12-6-5-7-13(2)14(12)15(18)16-8-11-17-9-3-4-10-17/h5-7H,3-4,8-11H2,1-2H3,(H,16,18). The Labute approximate surface area is 109 Å². The molecule has 0 aliphatic carbocycles.